The van der Waals surface area contributed by atoms with Gasteiger partial charge in [0.25, 0.3) is 5.56 Å². The summed E-state index contributed by atoms with van der Waals surface area (Å²) in [6.07, 6.45) is 1.69. The first-order valence-electron chi connectivity index (χ1n) is 7.67. The van der Waals surface area contributed by atoms with Crippen molar-refractivity contribution in [3.8, 4) is 0 Å². The zero-order chi connectivity index (χ0) is 16.7. The number of rotatable bonds is 2. The van der Waals surface area contributed by atoms with Gasteiger partial charge in [0.1, 0.15) is 12.2 Å². The summed E-state index contributed by atoms with van der Waals surface area (Å²) in [5.41, 5.74) is -0.260. The maximum Gasteiger partial charge on any atom is 0.332 e. The van der Waals surface area contributed by atoms with Gasteiger partial charge in [0.2, 0.25) is 5.91 Å². The predicted octanol–water partition coefficient (Wildman–Crippen LogP) is -1.14. The van der Waals surface area contributed by atoms with Crippen molar-refractivity contribution in [2.75, 3.05) is 19.6 Å². The van der Waals surface area contributed by atoms with Gasteiger partial charge in [-0.25, -0.2) is 4.79 Å². The number of piperazine rings is 1. The molecule has 1 fully saturated rings. The highest BCUT2D eigenvalue weighted by Gasteiger charge is 2.24. The lowest BCUT2D eigenvalue weighted by molar-refractivity contribution is -0.134. The standard InChI is InChI=1S/C15H21N5O3/c1-10-8-16-5-7-20(10)12(21)9-19-6-4-11-13(19)17(2)15(23)18(3)14(11)22/h4,6,10,16H,5,7-9H2,1-3H3/t10-/m0/s1. The summed E-state index contributed by atoms with van der Waals surface area (Å²) in [4.78, 5) is 38.7. The van der Waals surface area contributed by atoms with E-state index in [-0.39, 0.29) is 24.1 Å². The first-order chi connectivity index (χ1) is 10.9. The molecule has 0 spiro atoms. The van der Waals surface area contributed by atoms with Crippen LogP contribution in [0.25, 0.3) is 11.0 Å². The number of carbonyl (C=O) groups excluding carboxylic acids is 1. The van der Waals surface area contributed by atoms with Gasteiger partial charge in [0.15, 0.2) is 0 Å². The van der Waals surface area contributed by atoms with Crippen molar-refractivity contribution in [3.05, 3.63) is 33.1 Å². The van der Waals surface area contributed by atoms with Crippen molar-refractivity contribution in [1.82, 2.24) is 23.9 Å². The Morgan fingerprint density at radius 2 is 2.04 bits per heavy atom. The Hall–Kier alpha value is -2.35. The molecule has 1 amide bonds. The molecule has 0 aliphatic carbocycles. The molecule has 3 heterocycles. The number of nitrogens with zero attached hydrogens (tertiary/aromatic N) is 4. The van der Waals surface area contributed by atoms with E-state index in [2.05, 4.69) is 5.32 Å². The van der Waals surface area contributed by atoms with Gasteiger partial charge in [-0.15, -0.1) is 0 Å². The van der Waals surface area contributed by atoms with E-state index in [4.69, 9.17) is 0 Å². The van der Waals surface area contributed by atoms with Crippen molar-refractivity contribution in [1.29, 1.82) is 0 Å². The van der Waals surface area contributed by atoms with Gasteiger partial charge in [-0.1, -0.05) is 0 Å². The van der Waals surface area contributed by atoms with E-state index in [0.717, 1.165) is 17.7 Å². The predicted molar refractivity (Wildman–Crippen MR) is 86.5 cm³/mol. The zero-order valence-corrected chi connectivity index (χ0v) is 13.6. The Morgan fingerprint density at radius 3 is 2.74 bits per heavy atom. The minimum Gasteiger partial charge on any atom is -0.336 e. The Kier molecular flexibility index (Phi) is 3.85. The van der Waals surface area contributed by atoms with Crippen molar-refractivity contribution in [2.24, 2.45) is 14.1 Å². The monoisotopic (exact) mass is 319 g/mol. The molecule has 0 radical (unpaired) electrons. The number of fused-ring (bicyclic) bond motifs is 1. The number of hydrogen-bond donors (Lipinski definition) is 1. The quantitative estimate of drug-likeness (QED) is 0.759. The second-order valence-electron chi connectivity index (χ2n) is 6.03. The number of nitrogens with one attached hydrogen (secondary N) is 1. The molecule has 1 atom stereocenters. The zero-order valence-electron chi connectivity index (χ0n) is 13.6. The molecule has 0 saturated carbocycles. The van der Waals surface area contributed by atoms with E-state index < -0.39 is 5.69 Å². The van der Waals surface area contributed by atoms with Crippen LogP contribution in [-0.4, -0.2) is 50.2 Å². The number of carbonyl (C=O) groups is 1. The molecule has 2 aromatic rings. The van der Waals surface area contributed by atoms with Gasteiger partial charge in [0, 0.05) is 46.0 Å². The summed E-state index contributed by atoms with van der Waals surface area (Å²) in [6.45, 7) is 4.34. The van der Waals surface area contributed by atoms with Crippen LogP contribution >= 0.6 is 0 Å². The van der Waals surface area contributed by atoms with Gasteiger partial charge in [-0.05, 0) is 13.0 Å². The van der Waals surface area contributed by atoms with Crippen molar-refractivity contribution >= 4 is 16.9 Å². The minimum atomic E-state index is -0.398. The molecule has 1 saturated heterocycles. The Balaban J connectivity index is 2.00. The molecule has 1 aliphatic heterocycles. The molecule has 124 valence electrons. The molecule has 1 aliphatic rings. The number of aryl methyl sites for hydroxylation is 1. The SMILES string of the molecule is C[C@H]1CNCCN1C(=O)Cn1ccc2c(=O)n(C)c(=O)n(C)c21. The van der Waals surface area contributed by atoms with E-state index in [0.29, 0.717) is 17.6 Å². The largest absolute Gasteiger partial charge is 0.336 e. The summed E-state index contributed by atoms with van der Waals surface area (Å²) >= 11 is 0. The van der Waals surface area contributed by atoms with E-state index in [1.807, 2.05) is 11.8 Å². The maximum atomic E-state index is 12.6. The second-order valence-corrected chi connectivity index (χ2v) is 6.03. The third kappa shape index (κ3) is 2.48. The van der Waals surface area contributed by atoms with Gasteiger partial charge < -0.3 is 14.8 Å². The number of hydrogen-bond acceptors (Lipinski definition) is 4. The molecule has 8 nitrogen and oxygen atoms in total. The topological polar surface area (TPSA) is 81.3 Å². The lowest BCUT2D eigenvalue weighted by atomic mass is 10.2. The van der Waals surface area contributed by atoms with Crippen LogP contribution in [0, 0.1) is 0 Å². The molecule has 0 unspecified atom stereocenters. The highest BCUT2D eigenvalue weighted by molar-refractivity contribution is 5.81. The highest BCUT2D eigenvalue weighted by Crippen LogP contribution is 2.11. The smallest absolute Gasteiger partial charge is 0.332 e. The summed E-state index contributed by atoms with van der Waals surface area (Å²) in [5.74, 6) is -0.00961. The minimum absolute atomic E-state index is 0.00961. The molecular weight excluding hydrogens is 298 g/mol. The fourth-order valence-electron chi connectivity index (χ4n) is 3.16. The molecule has 8 heteroatoms. The lowest BCUT2D eigenvalue weighted by Crippen LogP contribution is -2.53. The van der Waals surface area contributed by atoms with Crippen LogP contribution in [0.15, 0.2) is 21.9 Å². The van der Waals surface area contributed by atoms with Crippen molar-refractivity contribution < 1.29 is 4.79 Å². The summed E-state index contributed by atoms with van der Waals surface area (Å²) in [7, 11) is 3.06. The van der Waals surface area contributed by atoms with E-state index >= 15 is 0 Å². The van der Waals surface area contributed by atoms with Crippen LogP contribution in [0.4, 0.5) is 0 Å². The fourth-order valence-corrected chi connectivity index (χ4v) is 3.16. The second kappa shape index (κ2) is 5.69. The molecule has 2 aromatic heterocycles. The molecule has 23 heavy (non-hydrogen) atoms. The summed E-state index contributed by atoms with van der Waals surface area (Å²) < 4.78 is 4.16. The van der Waals surface area contributed by atoms with E-state index in [9.17, 15) is 14.4 Å². The van der Waals surface area contributed by atoms with Gasteiger partial charge in [-0.2, -0.15) is 0 Å². The van der Waals surface area contributed by atoms with Crippen LogP contribution in [0.1, 0.15) is 6.92 Å². The normalized spacial score (nSPS) is 18.6. The highest BCUT2D eigenvalue weighted by atomic mass is 16.2. The molecule has 1 N–H and O–H groups in total. The van der Waals surface area contributed by atoms with Gasteiger partial charge >= 0.3 is 5.69 Å². The van der Waals surface area contributed by atoms with E-state index in [1.165, 1.54) is 11.6 Å². The van der Waals surface area contributed by atoms with Crippen LogP contribution in [0.5, 0.6) is 0 Å². The third-order valence-electron chi connectivity index (χ3n) is 4.49. The molecule has 3 rings (SSSR count). The maximum absolute atomic E-state index is 12.6. The van der Waals surface area contributed by atoms with Crippen LogP contribution in [-0.2, 0) is 25.4 Å². The van der Waals surface area contributed by atoms with Crippen LogP contribution < -0.4 is 16.6 Å². The first kappa shape index (κ1) is 15.5. The average molecular weight is 319 g/mol. The summed E-state index contributed by atoms with van der Waals surface area (Å²) in [5, 5.41) is 3.69. The van der Waals surface area contributed by atoms with Crippen LogP contribution in [0.2, 0.25) is 0 Å². The number of amides is 1. The molecular formula is C15H21N5O3. The molecule has 0 aromatic carbocycles. The first-order valence-corrected chi connectivity index (χ1v) is 7.67. The lowest BCUT2D eigenvalue weighted by Gasteiger charge is -2.34. The third-order valence-corrected chi connectivity index (χ3v) is 4.49. The number of aromatic nitrogens is 3. The Morgan fingerprint density at radius 1 is 1.30 bits per heavy atom. The average Bonchev–Trinajstić information content (AvgIpc) is 2.95. The van der Waals surface area contributed by atoms with Gasteiger partial charge in [-0.3, -0.25) is 18.7 Å². The van der Waals surface area contributed by atoms with E-state index in [1.54, 1.807) is 23.9 Å². The Labute approximate surface area is 132 Å². The van der Waals surface area contributed by atoms with Crippen molar-refractivity contribution in [3.63, 3.8) is 0 Å². The Bertz CT molecular complexity index is 876. The van der Waals surface area contributed by atoms with Gasteiger partial charge in [0.05, 0.1) is 5.39 Å². The summed E-state index contributed by atoms with van der Waals surface area (Å²) in [6, 6.07) is 1.79. The fraction of sp³-hybridized carbons (Fsp3) is 0.533. The van der Waals surface area contributed by atoms with Crippen LogP contribution in [0.3, 0.4) is 0 Å². The molecule has 0 bridgehead atoms. The van der Waals surface area contributed by atoms with Crippen molar-refractivity contribution in [2.45, 2.75) is 19.5 Å².